The summed E-state index contributed by atoms with van der Waals surface area (Å²) in [6.07, 6.45) is 2.23. The first-order chi connectivity index (χ1) is 10.1. The van der Waals surface area contributed by atoms with E-state index in [-0.39, 0.29) is 18.0 Å². The molecule has 0 spiro atoms. The first kappa shape index (κ1) is 13.8. The average molecular weight is 289 g/mol. The van der Waals surface area contributed by atoms with Gasteiger partial charge < -0.3 is 14.7 Å². The van der Waals surface area contributed by atoms with E-state index in [0.29, 0.717) is 13.0 Å². The van der Waals surface area contributed by atoms with E-state index in [2.05, 4.69) is 15.6 Å². The minimum atomic E-state index is -0.0157. The summed E-state index contributed by atoms with van der Waals surface area (Å²) in [6.45, 7) is 2.44. The number of rotatable bonds is 4. The lowest BCUT2D eigenvalue weighted by molar-refractivity contribution is -0.127. The molecule has 3 heterocycles. The number of aromatic nitrogens is 3. The largest absolute Gasteiger partial charge is 0.361 e. The molecule has 1 amide bonds. The van der Waals surface area contributed by atoms with Crippen LogP contribution in [0, 0.1) is 6.92 Å². The number of hydrogen-bond donors (Lipinski definition) is 1. The number of likely N-dealkylation sites (N-methyl/N-ethyl adjacent to an activating group) is 1. The van der Waals surface area contributed by atoms with Crippen molar-refractivity contribution in [2.24, 2.45) is 7.05 Å². The molecular formula is C14H19N5O2. The molecule has 112 valence electrons. The molecule has 7 heteroatoms. The van der Waals surface area contributed by atoms with Gasteiger partial charge in [0.1, 0.15) is 5.76 Å². The summed E-state index contributed by atoms with van der Waals surface area (Å²) in [5, 5.41) is 11.6. The van der Waals surface area contributed by atoms with Gasteiger partial charge in [0.2, 0.25) is 5.91 Å². The van der Waals surface area contributed by atoms with Crippen molar-refractivity contribution in [2.45, 2.75) is 32.0 Å². The van der Waals surface area contributed by atoms with Gasteiger partial charge in [-0.2, -0.15) is 5.10 Å². The minimum absolute atomic E-state index is 0.0157. The van der Waals surface area contributed by atoms with Crippen LogP contribution in [0.1, 0.15) is 29.6 Å². The predicted molar refractivity (Wildman–Crippen MR) is 75.2 cm³/mol. The van der Waals surface area contributed by atoms with Crippen LogP contribution in [0.25, 0.3) is 0 Å². The SMILES string of the molecule is Cc1cc(CN[C@@H]2CC(=O)N(C)[C@H]2c2ccnn2C)no1. The quantitative estimate of drug-likeness (QED) is 0.900. The van der Waals surface area contributed by atoms with Crippen LogP contribution in [0.15, 0.2) is 22.9 Å². The van der Waals surface area contributed by atoms with Crippen LogP contribution in [-0.2, 0) is 18.4 Å². The minimum Gasteiger partial charge on any atom is -0.361 e. The molecule has 3 rings (SSSR count). The summed E-state index contributed by atoms with van der Waals surface area (Å²) in [5.41, 5.74) is 1.87. The lowest BCUT2D eigenvalue weighted by Gasteiger charge is -2.25. The number of nitrogens with zero attached hydrogens (tertiary/aromatic N) is 4. The van der Waals surface area contributed by atoms with Crippen molar-refractivity contribution in [3.8, 4) is 0 Å². The predicted octanol–water partition coefficient (Wildman–Crippen LogP) is 0.778. The Balaban J connectivity index is 1.76. The van der Waals surface area contributed by atoms with Gasteiger partial charge in [-0.1, -0.05) is 5.16 Å². The van der Waals surface area contributed by atoms with Crippen molar-refractivity contribution in [3.05, 3.63) is 35.5 Å². The molecule has 0 aromatic carbocycles. The first-order valence-corrected chi connectivity index (χ1v) is 6.95. The Morgan fingerprint density at radius 2 is 2.29 bits per heavy atom. The highest BCUT2D eigenvalue weighted by atomic mass is 16.5. The maximum absolute atomic E-state index is 12.0. The summed E-state index contributed by atoms with van der Waals surface area (Å²) in [7, 11) is 3.73. The molecular weight excluding hydrogens is 270 g/mol. The van der Waals surface area contributed by atoms with E-state index in [4.69, 9.17) is 4.52 Å². The Hall–Kier alpha value is -2.15. The van der Waals surface area contributed by atoms with Gasteiger partial charge in [-0.3, -0.25) is 9.48 Å². The number of hydrogen-bond acceptors (Lipinski definition) is 5. The fourth-order valence-corrected chi connectivity index (χ4v) is 2.87. The van der Waals surface area contributed by atoms with Crippen LogP contribution < -0.4 is 5.32 Å². The Labute approximate surface area is 122 Å². The third-order valence-corrected chi connectivity index (χ3v) is 3.97. The zero-order valence-electron chi connectivity index (χ0n) is 12.4. The molecule has 21 heavy (non-hydrogen) atoms. The van der Waals surface area contributed by atoms with Crippen LogP contribution in [0.5, 0.6) is 0 Å². The highest BCUT2D eigenvalue weighted by molar-refractivity contribution is 5.80. The third kappa shape index (κ3) is 2.56. The molecule has 1 fully saturated rings. The monoisotopic (exact) mass is 289 g/mol. The lowest BCUT2D eigenvalue weighted by atomic mass is 10.1. The van der Waals surface area contributed by atoms with E-state index in [9.17, 15) is 4.79 Å². The number of amides is 1. The van der Waals surface area contributed by atoms with Crippen molar-refractivity contribution in [2.75, 3.05) is 7.05 Å². The van der Waals surface area contributed by atoms with Crippen molar-refractivity contribution in [1.82, 2.24) is 25.2 Å². The van der Waals surface area contributed by atoms with Crippen LogP contribution in [0.4, 0.5) is 0 Å². The summed E-state index contributed by atoms with van der Waals surface area (Å²) in [5.74, 6) is 0.921. The van der Waals surface area contributed by atoms with Gasteiger partial charge >= 0.3 is 0 Å². The van der Waals surface area contributed by atoms with Gasteiger partial charge in [-0.05, 0) is 13.0 Å². The Kier molecular flexibility index (Phi) is 3.50. The van der Waals surface area contributed by atoms with Crippen molar-refractivity contribution in [1.29, 1.82) is 0 Å². The first-order valence-electron chi connectivity index (χ1n) is 6.95. The smallest absolute Gasteiger partial charge is 0.224 e. The highest BCUT2D eigenvalue weighted by Gasteiger charge is 2.39. The number of aryl methyl sites for hydroxylation is 2. The van der Waals surface area contributed by atoms with Crippen LogP contribution in [0.3, 0.4) is 0 Å². The molecule has 1 aliphatic heterocycles. The molecule has 1 N–H and O–H groups in total. The van der Waals surface area contributed by atoms with Crippen molar-refractivity contribution >= 4 is 5.91 Å². The molecule has 0 radical (unpaired) electrons. The zero-order chi connectivity index (χ0) is 15.0. The van der Waals surface area contributed by atoms with Gasteiger partial charge in [0, 0.05) is 45.4 Å². The Morgan fingerprint density at radius 1 is 1.48 bits per heavy atom. The van der Waals surface area contributed by atoms with E-state index >= 15 is 0 Å². The van der Waals surface area contributed by atoms with Crippen molar-refractivity contribution in [3.63, 3.8) is 0 Å². The van der Waals surface area contributed by atoms with Gasteiger partial charge in [0.15, 0.2) is 0 Å². The lowest BCUT2D eigenvalue weighted by Crippen LogP contribution is -2.36. The third-order valence-electron chi connectivity index (χ3n) is 3.97. The molecule has 1 aliphatic rings. The molecule has 0 aliphatic carbocycles. The molecule has 7 nitrogen and oxygen atoms in total. The fraction of sp³-hybridized carbons (Fsp3) is 0.500. The second kappa shape index (κ2) is 5.33. The molecule has 0 saturated carbocycles. The van der Waals surface area contributed by atoms with Crippen LogP contribution in [-0.4, -0.2) is 38.8 Å². The summed E-state index contributed by atoms with van der Waals surface area (Å²) in [4.78, 5) is 13.8. The molecule has 2 atom stereocenters. The molecule has 0 unspecified atom stereocenters. The summed E-state index contributed by atoms with van der Waals surface area (Å²) in [6, 6.07) is 3.87. The van der Waals surface area contributed by atoms with Crippen molar-refractivity contribution < 1.29 is 9.32 Å². The fourth-order valence-electron chi connectivity index (χ4n) is 2.87. The number of carbonyl (C=O) groups is 1. The van der Waals surface area contributed by atoms with Crippen LogP contribution in [0.2, 0.25) is 0 Å². The number of nitrogens with one attached hydrogen (secondary N) is 1. The molecule has 2 aromatic heterocycles. The molecule has 0 bridgehead atoms. The van der Waals surface area contributed by atoms with E-state index in [1.54, 1.807) is 11.1 Å². The zero-order valence-corrected chi connectivity index (χ0v) is 12.4. The standard InChI is InChI=1S/C14H19N5O2/c1-9-6-10(17-21-9)8-15-11-7-13(20)18(2)14(11)12-4-5-16-19(12)3/h4-6,11,14-15H,7-8H2,1-3H3/t11-,14-/m1/s1. The van der Waals surface area contributed by atoms with Crippen LogP contribution >= 0.6 is 0 Å². The number of likely N-dealkylation sites (tertiary alicyclic amines) is 1. The number of carbonyl (C=O) groups excluding carboxylic acids is 1. The maximum Gasteiger partial charge on any atom is 0.224 e. The topological polar surface area (TPSA) is 76.2 Å². The Bertz CT molecular complexity index is 647. The van der Waals surface area contributed by atoms with E-state index in [1.807, 2.05) is 37.8 Å². The maximum atomic E-state index is 12.0. The van der Waals surface area contributed by atoms with Gasteiger partial charge in [0.05, 0.1) is 17.4 Å². The summed E-state index contributed by atoms with van der Waals surface area (Å²) >= 11 is 0. The van der Waals surface area contributed by atoms with Gasteiger partial charge in [0.25, 0.3) is 0 Å². The average Bonchev–Trinajstić information content (AvgIpc) is 3.11. The van der Waals surface area contributed by atoms with Gasteiger partial charge in [-0.25, -0.2) is 0 Å². The normalized spacial score (nSPS) is 22.2. The second-order valence-corrected chi connectivity index (χ2v) is 5.45. The van der Waals surface area contributed by atoms with E-state index < -0.39 is 0 Å². The van der Waals surface area contributed by atoms with E-state index in [0.717, 1.165) is 17.1 Å². The summed E-state index contributed by atoms with van der Waals surface area (Å²) < 4.78 is 6.87. The van der Waals surface area contributed by atoms with Gasteiger partial charge in [-0.15, -0.1) is 0 Å². The Morgan fingerprint density at radius 3 is 2.90 bits per heavy atom. The second-order valence-electron chi connectivity index (χ2n) is 5.45. The molecule has 2 aromatic rings. The van der Waals surface area contributed by atoms with E-state index in [1.165, 1.54) is 0 Å². The highest BCUT2D eigenvalue weighted by Crippen LogP contribution is 2.31. The molecule has 1 saturated heterocycles.